The highest BCUT2D eigenvalue weighted by atomic mass is 15.3. The van der Waals surface area contributed by atoms with Crippen LogP contribution in [0.2, 0.25) is 0 Å². The molecule has 0 aromatic carbocycles. The van der Waals surface area contributed by atoms with E-state index in [1.165, 1.54) is 6.20 Å². The molecular weight excluding hydrogens is 140 g/mol. The average molecular weight is 150 g/mol. The lowest BCUT2D eigenvalue weighted by Crippen LogP contribution is -2.07. The molecule has 0 amide bonds. The lowest BCUT2D eigenvalue weighted by atomic mass is 10.6. The van der Waals surface area contributed by atoms with E-state index in [9.17, 15) is 0 Å². The van der Waals surface area contributed by atoms with Gasteiger partial charge in [-0.05, 0) is 6.92 Å². The van der Waals surface area contributed by atoms with Crippen molar-refractivity contribution in [3.8, 4) is 0 Å². The molecule has 4 nitrogen and oxygen atoms in total. The fraction of sp³-hybridized carbons (Fsp3) is 0.143. The van der Waals surface area contributed by atoms with Gasteiger partial charge in [0.1, 0.15) is 11.7 Å². The van der Waals surface area contributed by atoms with Crippen molar-refractivity contribution in [1.29, 1.82) is 0 Å². The van der Waals surface area contributed by atoms with Gasteiger partial charge >= 0.3 is 0 Å². The summed E-state index contributed by atoms with van der Waals surface area (Å²) in [6.45, 7) is 5.30. The summed E-state index contributed by atoms with van der Waals surface area (Å²) in [6.07, 6.45) is 3.21. The fourth-order valence-electron chi connectivity index (χ4n) is 0.710. The maximum atomic E-state index is 5.40. The third kappa shape index (κ3) is 1.67. The highest BCUT2D eigenvalue weighted by Gasteiger charge is 1.94. The van der Waals surface area contributed by atoms with Gasteiger partial charge in [-0.15, -0.1) is 5.10 Å². The fourth-order valence-corrected chi connectivity index (χ4v) is 0.710. The summed E-state index contributed by atoms with van der Waals surface area (Å²) in [4.78, 5) is 3.93. The van der Waals surface area contributed by atoms with Crippen LogP contribution in [0.4, 0.5) is 5.82 Å². The Bertz CT molecular complexity index is 284. The van der Waals surface area contributed by atoms with Crippen LogP contribution in [0.25, 0.3) is 0 Å². The first-order valence-corrected chi connectivity index (χ1v) is 3.21. The van der Waals surface area contributed by atoms with Gasteiger partial charge in [0.25, 0.3) is 0 Å². The third-order valence-corrected chi connectivity index (χ3v) is 1.22. The highest BCUT2D eigenvalue weighted by molar-refractivity contribution is 5.81. The molecule has 1 aromatic rings. The minimum absolute atomic E-state index is 0.489. The lowest BCUT2D eigenvalue weighted by Gasteiger charge is -1.95. The van der Waals surface area contributed by atoms with Gasteiger partial charge in [-0.25, -0.2) is 9.67 Å². The van der Waals surface area contributed by atoms with Crippen molar-refractivity contribution in [3.05, 3.63) is 25.0 Å². The van der Waals surface area contributed by atoms with Crippen LogP contribution in [0.3, 0.4) is 0 Å². The van der Waals surface area contributed by atoms with Gasteiger partial charge < -0.3 is 5.73 Å². The Labute approximate surface area is 65.0 Å². The number of nitrogen functional groups attached to an aromatic ring is 1. The molecule has 1 aromatic heterocycles. The number of hydrogen-bond donors (Lipinski definition) is 1. The first-order valence-electron chi connectivity index (χ1n) is 3.21. The van der Waals surface area contributed by atoms with Gasteiger partial charge in [-0.2, -0.15) is 0 Å². The van der Waals surface area contributed by atoms with E-state index in [2.05, 4.69) is 16.7 Å². The number of hydrogen-bond acceptors (Lipinski definition) is 3. The molecule has 0 saturated carbocycles. The molecule has 0 aliphatic heterocycles. The summed E-state index contributed by atoms with van der Waals surface area (Å²) in [5.41, 5.74) is 5.40. The molecule has 0 fully saturated rings. The van der Waals surface area contributed by atoms with Gasteiger partial charge in [0.05, 0.1) is 0 Å². The van der Waals surface area contributed by atoms with Gasteiger partial charge in [-0.1, -0.05) is 6.58 Å². The molecule has 2 N–H and O–H groups in total. The smallest absolute Gasteiger partial charge is 0.145 e. The van der Waals surface area contributed by atoms with E-state index in [4.69, 9.17) is 5.73 Å². The zero-order valence-corrected chi connectivity index (χ0v) is 6.36. The molecule has 0 spiro atoms. The standard InChI is InChI=1S/C7H10N4/c1-3-9-6(2)11-5-4-7(8)10-11/h3-5H,1H2,2H3,(H2,8,10). The largest absolute Gasteiger partial charge is 0.382 e. The van der Waals surface area contributed by atoms with Gasteiger partial charge in [-0.3, -0.25) is 0 Å². The lowest BCUT2D eigenvalue weighted by molar-refractivity contribution is 0.932. The molecule has 11 heavy (non-hydrogen) atoms. The van der Waals surface area contributed by atoms with Crippen LogP contribution >= 0.6 is 0 Å². The second kappa shape index (κ2) is 3.01. The third-order valence-electron chi connectivity index (χ3n) is 1.22. The Hall–Kier alpha value is -1.58. The second-order valence-corrected chi connectivity index (χ2v) is 2.04. The van der Waals surface area contributed by atoms with Crippen LogP contribution in [0, 0.1) is 0 Å². The number of nitrogens with two attached hydrogens (primary N) is 1. The summed E-state index contributed by atoms with van der Waals surface area (Å²) in [5, 5.41) is 3.95. The Balaban J connectivity index is 2.93. The monoisotopic (exact) mass is 150 g/mol. The number of aromatic nitrogens is 2. The summed E-state index contributed by atoms with van der Waals surface area (Å²) >= 11 is 0. The molecule has 0 aliphatic carbocycles. The zero-order chi connectivity index (χ0) is 8.27. The molecule has 58 valence electrons. The van der Waals surface area contributed by atoms with Crippen LogP contribution in [0.15, 0.2) is 30.0 Å². The van der Waals surface area contributed by atoms with Crippen molar-refractivity contribution in [2.45, 2.75) is 6.92 Å². The number of aliphatic imine (C=N–C) groups is 1. The average Bonchev–Trinajstić information content (AvgIpc) is 2.36. The topological polar surface area (TPSA) is 56.2 Å². The summed E-state index contributed by atoms with van der Waals surface area (Å²) in [7, 11) is 0. The van der Waals surface area contributed by atoms with Crippen LogP contribution in [0.1, 0.15) is 6.92 Å². The maximum absolute atomic E-state index is 5.40. The van der Waals surface area contributed by atoms with Crippen molar-refractivity contribution in [1.82, 2.24) is 9.78 Å². The van der Waals surface area contributed by atoms with E-state index in [-0.39, 0.29) is 0 Å². The van der Waals surface area contributed by atoms with Crippen molar-refractivity contribution in [2.75, 3.05) is 5.73 Å². The molecule has 1 heterocycles. The molecule has 0 aliphatic rings. The Morgan fingerprint density at radius 1 is 1.91 bits per heavy atom. The van der Waals surface area contributed by atoms with Crippen molar-refractivity contribution >= 4 is 11.7 Å². The van der Waals surface area contributed by atoms with E-state index < -0.39 is 0 Å². The number of anilines is 1. The van der Waals surface area contributed by atoms with Gasteiger partial charge in [0.15, 0.2) is 0 Å². The van der Waals surface area contributed by atoms with E-state index >= 15 is 0 Å². The van der Waals surface area contributed by atoms with Gasteiger partial charge in [0.2, 0.25) is 0 Å². The summed E-state index contributed by atoms with van der Waals surface area (Å²) in [5.74, 6) is 1.24. The van der Waals surface area contributed by atoms with Gasteiger partial charge in [0, 0.05) is 18.5 Å². The molecule has 4 heteroatoms. The Kier molecular flexibility index (Phi) is 2.06. The predicted octanol–water partition coefficient (Wildman–Crippen LogP) is 0.875. The summed E-state index contributed by atoms with van der Waals surface area (Å²) < 4.78 is 1.59. The van der Waals surface area contributed by atoms with E-state index in [0.29, 0.717) is 5.82 Å². The Morgan fingerprint density at radius 2 is 2.64 bits per heavy atom. The molecule has 0 unspecified atom stereocenters. The minimum Gasteiger partial charge on any atom is -0.382 e. The van der Waals surface area contributed by atoms with Crippen molar-refractivity contribution in [3.63, 3.8) is 0 Å². The minimum atomic E-state index is 0.489. The molecule has 0 radical (unpaired) electrons. The number of nitrogens with zero attached hydrogens (tertiary/aromatic N) is 3. The SMILES string of the molecule is C=CN=C(C)n1ccc(N)n1. The molecule has 0 atom stereocenters. The van der Waals surface area contributed by atoms with Crippen molar-refractivity contribution in [2.24, 2.45) is 4.99 Å². The van der Waals surface area contributed by atoms with Crippen LogP contribution in [0.5, 0.6) is 0 Å². The van der Waals surface area contributed by atoms with E-state index in [1.807, 2.05) is 6.92 Å². The zero-order valence-electron chi connectivity index (χ0n) is 6.36. The predicted molar refractivity (Wildman–Crippen MR) is 45.3 cm³/mol. The normalized spacial score (nSPS) is 11.5. The quantitative estimate of drug-likeness (QED) is 0.477. The van der Waals surface area contributed by atoms with Crippen molar-refractivity contribution < 1.29 is 0 Å². The highest BCUT2D eigenvalue weighted by Crippen LogP contribution is 1.95. The first-order chi connectivity index (χ1) is 5.24. The molecule has 0 saturated heterocycles. The van der Waals surface area contributed by atoms with Crippen LogP contribution < -0.4 is 5.73 Å². The van der Waals surface area contributed by atoms with E-state index in [1.54, 1.807) is 16.9 Å². The number of rotatable bonds is 1. The Morgan fingerprint density at radius 3 is 3.09 bits per heavy atom. The van der Waals surface area contributed by atoms with Crippen LogP contribution in [-0.4, -0.2) is 15.6 Å². The van der Waals surface area contributed by atoms with E-state index in [0.717, 1.165) is 5.84 Å². The first kappa shape index (κ1) is 7.53. The van der Waals surface area contributed by atoms with Crippen LogP contribution in [-0.2, 0) is 0 Å². The molecule has 0 bridgehead atoms. The maximum Gasteiger partial charge on any atom is 0.145 e. The second-order valence-electron chi connectivity index (χ2n) is 2.04. The molecular formula is C7H10N4. The molecule has 1 rings (SSSR count). The summed E-state index contributed by atoms with van der Waals surface area (Å²) in [6, 6.07) is 1.71.